The molecule has 1 atom stereocenters. The lowest BCUT2D eigenvalue weighted by atomic mass is 10.1. The average molecular weight is 188 g/mol. The first-order valence-electron chi connectivity index (χ1n) is 3.49. The molecule has 0 saturated carbocycles. The van der Waals surface area contributed by atoms with E-state index in [0.29, 0.717) is 12.1 Å². The summed E-state index contributed by atoms with van der Waals surface area (Å²) in [6, 6.07) is 2.63. The largest absolute Gasteiger partial charge is 0.329 e. The lowest BCUT2D eigenvalue weighted by Crippen LogP contribution is -2.22. The summed E-state index contributed by atoms with van der Waals surface area (Å²) in [6.07, 6.45) is 0. The van der Waals surface area contributed by atoms with Crippen molar-refractivity contribution >= 4 is 11.6 Å². The molecular weight excluding hydrogens is 178 g/mol. The number of H-pyrrole nitrogens is 1. The van der Waals surface area contributed by atoms with Crippen molar-refractivity contribution in [3.05, 3.63) is 33.2 Å². The molecule has 0 spiro atoms. The average Bonchev–Trinajstić information content (AvgIpc) is 2.03. The second-order valence-electron chi connectivity index (χ2n) is 2.43. The van der Waals surface area contributed by atoms with Crippen LogP contribution in [0.1, 0.15) is 11.6 Å². The van der Waals surface area contributed by atoms with E-state index in [9.17, 15) is 4.79 Å². The van der Waals surface area contributed by atoms with Gasteiger partial charge in [-0.25, -0.2) is 0 Å². The van der Waals surface area contributed by atoms with Crippen molar-refractivity contribution in [2.75, 3.05) is 6.54 Å². The van der Waals surface area contributed by atoms with Gasteiger partial charge in [-0.15, -0.1) is 0 Å². The van der Waals surface area contributed by atoms with Crippen LogP contribution < -0.4 is 17.0 Å². The van der Waals surface area contributed by atoms with Crippen LogP contribution in [-0.4, -0.2) is 11.5 Å². The highest BCUT2D eigenvalue weighted by molar-refractivity contribution is 6.30. The first kappa shape index (κ1) is 9.25. The summed E-state index contributed by atoms with van der Waals surface area (Å²) in [7, 11) is 0. The number of nitrogens with two attached hydrogens (primary N) is 2. The molecule has 0 aliphatic rings. The minimum atomic E-state index is -0.325. The maximum absolute atomic E-state index is 10.7. The van der Waals surface area contributed by atoms with Gasteiger partial charge in [-0.05, 0) is 6.07 Å². The summed E-state index contributed by atoms with van der Waals surface area (Å²) in [5.41, 5.74) is 11.4. The van der Waals surface area contributed by atoms with Gasteiger partial charge in [-0.3, -0.25) is 4.79 Å². The molecule has 1 rings (SSSR count). The fourth-order valence-corrected chi connectivity index (χ4v) is 1.17. The summed E-state index contributed by atoms with van der Waals surface area (Å²) in [4.78, 5) is 13.2. The number of pyridine rings is 1. The second kappa shape index (κ2) is 3.71. The first-order valence-corrected chi connectivity index (χ1v) is 3.87. The van der Waals surface area contributed by atoms with E-state index in [1.54, 1.807) is 6.07 Å². The van der Waals surface area contributed by atoms with Gasteiger partial charge in [0.2, 0.25) is 5.56 Å². The zero-order chi connectivity index (χ0) is 9.14. The molecule has 12 heavy (non-hydrogen) atoms. The highest BCUT2D eigenvalue weighted by atomic mass is 35.5. The van der Waals surface area contributed by atoms with Gasteiger partial charge in [0.25, 0.3) is 0 Å². The third kappa shape index (κ3) is 1.85. The zero-order valence-electron chi connectivity index (χ0n) is 6.38. The van der Waals surface area contributed by atoms with E-state index in [-0.39, 0.29) is 16.8 Å². The summed E-state index contributed by atoms with van der Waals surface area (Å²) in [6.45, 7) is 0.297. The molecule has 1 aromatic heterocycles. The molecule has 0 unspecified atom stereocenters. The van der Waals surface area contributed by atoms with Crippen LogP contribution in [0.5, 0.6) is 0 Å². The Morgan fingerprint density at radius 3 is 2.75 bits per heavy atom. The smallest absolute Gasteiger partial charge is 0.249 e. The summed E-state index contributed by atoms with van der Waals surface area (Å²) >= 11 is 5.71. The maximum Gasteiger partial charge on any atom is 0.249 e. The summed E-state index contributed by atoms with van der Waals surface area (Å²) in [5, 5.41) is 0.264. The van der Waals surface area contributed by atoms with E-state index >= 15 is 0 Å². The Balaban J connectivity index is 3.09. The van der Waals surface area contributed by atoms with E-state index in [1.807, 2.05) is 0 Å². The third-order valence-electron chi connectivity index (χ3n) is 1.55. The van der Waals surface area contributed by atoms with Gasteiger partial charge in [0.15, 0.2) is 0 Å². The lowest BCUT2D eigenvalue weighted by molar-refractivity contribution is 0.732. The Hall–Kier alpha value is -0.840. The molecule has 0 aromatic carbocycles. The number of hydrogen-bond donors (Lipinski definition) is 3. The molecule has 0 saturated heterocycles. The number of nitrogens with one attached hydrogen (secondary N) is 1. The number of rotatable bonds is 2. The molecule has 0 fully saturated rings. The van der Waals surface area contributed by atoms with E-state index in [4.69, 9.17) is 23.1 Å². The van der Waals surface area contributed by atoms with Crippen molar-refractivity contribution < 1.29 is 0 Å². The fourth-order valence-electron chi connectivity index (χ4n) is 0.874. The zero-order valence-corrected chi connectivity index (χ0v) is 7.14. The third-order valence-corrected chi connectivity index (χ3v) is 1.87. The van der Waals surface area contributed by atoms with Gasteiger partial charge in [-0.2, -0.15) is 0 Å². The minimum absolute atomic E-state index is 0.243. The van der Waals surface area contributed by atoms with Gasteiger partial charge < -0.3 is 16.5 Å². The van der Waals surface area contributed by atoms with Crippen molar-refractivity contribution in [3.8, 4) is 0 Å². The SMILES string of the molecule is NC[C@H](N)c1ccc(=O)[nH]c1Cl. The Morgan fingerprint density at radius 1 is 1.58 bits per heavy atom. The van der Waals surface area contributed by atoms with Crippen LogP contribution in [-0.2, 0) is 0 Å². The Morgan fingerprint density at radius 2 is 2.25 bits per heavy atom. The Labute approximate surface area is 74.5 Å². The van der Waals surface area contributed by atoms with Crippen molar-refractivity contribution in [2.45, 2.75) is 6.04 Å². The van der Waals surface area contributed by atoms with Crippen LogP contribution in [0, 0.1) is 0 Å². The molecule has 0 bridgehead atoms. The monoisotopic (exact) mass is 187 g/mol. The predicted octanol–water partition coefficient (Wildman–Crippen LogP) is -0.0132. The molecule has 0 aliphatic carbocycles. The molecule has 1 heterocycles. The number of aromatic amines is 1. The van der Waals surface area contributed by atoms with Crippen molar-refractivity contribution in [1.29, 1.82) is 0 Å². The quantitative estimate of drug-likeness (QED) is 0.570. The molecule has 5 N–H and O–H groups in total. The van der Waals surface area contributed by atoms with E-state index in [2.05, 4.69) is 4.98 Å². The minimum Gasteiger partial charge on any atom is -0.329 e. The van der Waals surface area contributed by atoms with Gasteiger partial charge in [-0.1, -0.05) is 11.6 Å². The Bertz CT molecular complexity index is 323. The van der Waals surface area contributed by atoms with Gasteiger partial charge in [0.1, 0.15) is 5.15 Å². The van der Waals surface area contributed by atoms with Crippen LogP contribution in [0.25, 0.3) is 0 Å². The topological polar surface area (TPSA) is 84.9 Å². The number of hydrogen-bond acceptors (Lipinski definition) is 3. The van der Waals surface area contributed by atoms with Gasteiger partial charge in [0, 0.05) is 24.2 Å². The van der Waals surface area contributed by atoms with Gasteiger partial charge >= 0.3 is 0 Å². The lowest BCUT2D eigenvalue weighted by Gasteiger charge is -2.09. The summed E-state index contributed by atoms with van der Waals surface area (Å²) < 4.78 is 0. The standard InChI is InChI=1S/C7H10ClN3O/c8-7-4(5(10)3-9)1-2-6(12)11-7/h1-2,5H,3,9-10H2,(H,11,12)/t5-/m0/s1. The highest BCUT2D eigenvalue weighted by Crippen LogP contribution is 2.15. The molecule has 0 aliphatic heterocycles. The van der Waals surface area contributed by atoms with Crippen LogP contribution >= 0.6 is 11.6 Å². The van der Waals surface area contributed by atoms with Crippen LogP contribution in [0.15, 0.2) is 16.9 Å². The second-order valence-corrected chi connectivity index (χ2v) is 2.81. The fraction of sp³-hybridized carbons (Fsp3) is 0.286. The molecule has 0 amide bonds. The van der Waals surface area contributed by atoms with Crippen LogP contribution in [0.2, 0.25) is 5.15 Å². The van der Waals surface area contributed by atoms with E-state index in [1.165, 1.54) is 6.07 Å². The van der Waals surface area contributed by atoms with Gasteiger partial charge in [0.05, 0.1) is 0 Å². The molecule has 4 nitrogen and oxygen atoms in total. The molecule has 66 valence electrons. The van der Waals surface area contributed by atoms with Crippen LogP contribution in [0.4, 0.5) is 0 Å². The van der Waals surface area contributed by atoms with Crippen molar-refractivity contribution in [3.63, 3.8) is 0 Å². The maximum atomic E-state index is 10.7. The molecule has 5 heteroatoms. The molecular formula is C7H10ClN3O. The van der Waals surface area contributed by atoms with Crippen LogP contribution in [0.3, 0.4) is 0 Å². The molecule has 0 radical (unpaired) electrons. The van der Waals surface area contributed by atoms with E-state index in [0.717, 1.165) is 0 Å². The summed E-state index contributed by atoms with van der Waals surface area (Å²) in [5.74, 6) is 0. The highest BCUT2D eigenvalue weighted by Gasteiger charge is 2.07. The normalized spacial score (nSPS) is 12.9. The van der Waals surface area contributed by atoms with E-state index < -0.39 is 0 Å². The first-order chi connectivity index (χ1) is 5.65. The van der Waals surface area contributed by atoms with Crippen molar-refractivity contribution in [1.82, 2.24) is 4.98 Å². The number of halogens is 1. The predicted molar refractivity (Wildman–Crippen MR) is 48.1 cm³/mol. The van der Waals surface area contributed by atoms with Crippen molar-refractivity contribution in [2.24, 2.45) is 11.5 Å². The number of aromatic nitrogens is 1. The Kier molecular flexibility index (Phi) is 2.86. The molecule has 1 aromatic rings.